The number of pyridine rings is 1. The predicted octanol–water partition coefficient (Wildman–Crippen LogP) is 3.05. The maximum atomic E-state index is 12.7. The molecule has 3 heterocycles. The molecule has 140 valence electrons. The van der Waals surface area contributed by atoms with Crippen LogP contribution in [0, 0.1) is 0 Å². The minimum Gasteiger partial charge on any atom is -0.351 e. The van der Waals surface area contributed by atoms with Crippen LogP contribution >= 0.6 is 11.3 Å². The third-order valence-electron chi connectivity index (χ3n) is 4.25. The summed E-state index contributed by atoms with van der Waals surface area (Å²) in [5.74, 6) is -0.166. The van der Waals surface area contributed by atoms with Crippen LogP contribution in [-0.2, 0) is 17.5 Å². The van der Waals surface area contributed by atoms with Crippen LogP contribution in [0.5, 0.6) is 0 Å². The average Bonchev–Trinajstić information content (AvgIpc) is 3.12. The zero-order chi connectivity index (χ0) is 18.6. The number of halogens is 3. The monoisotopic (exact) mass is 384 g/mol. The van der Waals surface area contributed by atoms with Crippen LogP contribution in [0.15, 0.2) is 29.9 Å². The van der Waals surface area contributed by atoms with E-state index in [4.69, 9.17) is 0 Å². The molecule has 26 heavy (non-hydrogen) atoms. The fourth-order valence-electron chi connectivity index (χ4n) is 2.97. The molecule has 2 aromatic rings. The number of carbonyl (C=O) groups is 1. The molecule has 0 radical (unpaired) electrons. The second kappa shape index (κ2) is 8.13. The summed E-state index contributed by atoms with van der Waals surface area (Å²) in [6, 6.07) is 3.69. The summed E-state index contributed by atoms with van der Waals surface area (Å²) in [5, 5.41) is 4.40. The number of aromatic nitrogens is 2. The van der Waals surface area contributed by atoms with Crippen molar-refractivity contribution < 1.29 is 18.0 Å². The lowest BCUT2D eigenvalue weighted by Gasteiger charge is -2.31. The largest absolute Gasteiger partial charge is 0.434 e. The molecule has 1 N–H and O–H groups in total. The van der Waals surface area contributed by atoms with Gasteiger partial charge in [0, 0.05) is 36.8 Å². The van der Waals surface area contributed by atoms with Gasteiger partial charge < -0.3 is 5.32 Å². The third-order valence-corrected chi connectivity index (χ3v) is 5.25. The number of carbonyl (C=O) groups excluding carboxylic acids is 1. The summed E-state index contributed by atoms with van der Waals surface area (Å²) in [7, 11) is 0. The standard InChI is InChI=1S/C17H19F3N4OS/c18-17(19,20)14-11-26-16(23-14)13-4-2-6-24(9-13)10-15(25)22-8-12-3-1-5-21-7-12/h1,3,5,7,11,13H,2,4,6,8-10H2,(H,22,25). The smallest absolute Gasteiger partial charge is 0.351 e. The van der Waals surface area contributed by atoms with Gasteiger partial charge in [-0.2, -0.15) is 13.2 Å². The van der Waals surface area contributed by atoms with Crippen molar-refractivity contribution in [1.29, 1.82) is 0 Å². The summed E-state index contributed by atoms with van der Waals surface area (Å²) < 4.78 is 38.2. The molecule has 5 nitrogen and oxygen atoms in total. The van der Waals surface area contributed by atoms with Gasteiger partial charge in [-0.1, -0.05) is 6.07 Å². The van der Waals surface area contributed by atoms with E-state index in [9.17, 15) is 18.0 Å². The molecule has 1 aliphatic rings. The van der Waals surface area contributed by atoms with Crippen molar-refractivity contribution >= 4 is 17.2 Å². The van der Waals surface area contributed by atoms with Gasteiger partial charge in [0.05, 0.1) is 11.6 Å². The van der Waals surface area contributed by atoms with E-state index in [1.165, 1.54) is 0 Å². The van der Waals surface area contributed by atoms with Gasteiger partial charge in [-0.05, 0) is 31.0 Å². The number of hydrogen-bond acceptors (Lipinski definition) is 5. The first-order valence-electron chi connectivity index (χ1n) is 8.32. The molecule has 3 rings (SSSR count). The number of hydrogen-bond donors (Lipinski definition) is 1. The van der Waals surface area contributed by atoms with E-state index in [1.807, 2.05) is 11.0 Å². The summed E-state index contributed by atoms with van der Waals surface area (Å²) in [6.07, 6.45) is 0.579. The van der Waals surface area contributed by atoms with Crippen molar-refractivity contribution in [2.75, 3.05) is 19.6 Å². The lowest BCUT2D eigenvalue weighted by molar-refractivity contribution is -0.140. The van der Waals surface area contributed by atoms with Crippen LogP contribution < -0.4 is 5.32 Å². The maximum Gasteiger partial charge on any atom is 0.434 e. The molecule has 0 spiro atoms. The van der Waals surface area contributed by atoms with Gasteiger partial charge in [0.2, 0.25) is 5.91 Å². The summed E-state index contributed by atoms with van der Waals surface area (Å²) in [6.45, 7) is 1.94. The maximum absolute atomic E-state index is 12.7. The fourth-order valence-corrected chi connectivity index (χ4v) is 3.92. The zero-order valence-corrected chi connectivity index (χ0v) is 14.8. The van der Waals surface area contributed by atoms with E-state index < -0.39 is 11.9 Å². The Hall–Kier alpha value is -2.00. The molecule has 9 heteroatoms. The Kier molecular flexibility index (Phi) is 5.87. The van der Waals surface area contributed by atoms with E-state index in [1.54, 1.807) is 18.5 Å². The molecule has 1 saturated heterocycles. The lowest BCUT2D eigenvalue weighted by Crippen LogP contribution is -2.41. The van der Waals surface area contributed by atoms with Gasteiger partial charge in [-0.3, -0.25) is 14.7 Å². The number of likely N-dealkylation sites (tertiary alicyclic amines) is 1. The third kappa shape index (κ3) is 5.01. The van der Waals surface area contributed by atoms with Crippen LogP contribution in [0.3, 0.4) is 0 Å². The number of rotatable bonds is 5. The zero-order valence-electron chi connectivity index (χ0n) is 14.0. The number of piperidine rings is 1. The van der Waals surface area contributed by atoms with Gasteiger partial charge >= 0.3 is 6.18 Å². The Labute approximate surface area is 153 Å². The number of amides is 1. The summed E-state index contributed by atoms with van der Waals surface area (Å²) in [4.78, 5) is 21.8. The first-order valence-corrected chi connectivity index (χ1v) is 9.20. The van der Waals surface area contributed by atoms with Crippen LogP contribution in [0.2, 0.25) is 0 Å². The molecule has 1 fully saturated rings. The van der Waals surface area contributed by atoms with E-state index >= 15 is 0 Å². The quantitative estimate of drug-likeness (QED) is 0.861. The second-order valence-electron chi connectivity index (χ2n) is 6.28. The Balaban J connectivity index is 1.52. The molecule has 1 atom stereocenters. The van der Waals surface area contributed by atoms with Crippen molar-refractivity contribution in [2.45, 2.75) is 31.5 Å². The molecule has 1 amide bonds. The predicted molar refractivity (Wildman–Crippen MR) is 91.6 cm³/mol. The van der Waals surface area contributed by atoms with Gasteiger partial charge in [0.1, 0.15) is 0 Å². The number of nitrogens with one attached hydrogen (secondary N) is 1. The Bertz CT molecular complexity index is 735. The van der Waals surface area contributed by atoms with Gasteiger partial charge in [-0.15, -0.1) is 11.3 Å². The fraction of sp³-hybridized carbons (Fsp3) is 0.471. The van der Waals surface area contributed by atoms with E-state index in [0.29, 0.717) is 18.1 Å². The van der Waals surface area contributed by atoms with E-state index in [0.717, 1.165) is 41.7 Å². The van der Waals surface area contributed by atoms with Crippen molar-refractivity contribution in [2.24, 2.45) is 0 Å². The molecule has 0 aromatic carbocycles. The molecule has 1 unspecified atom stereocenters. The molecule has 0 aliphatic carbocycles. The highest BCUT2D eigenvalue weighted by molar-refractivity contribution is 7.09. The summed E-state index contributed by atoms with van der Waals surface area (Å²) in [5.41, 5.74) is 0.0867. The highest BCUT2D eigenvalue weighted by Crippen LogP contribution is 2.34. The topological polar surface area (TPSA) is 58.1 Å². The average molecular weight is 384 g/mol. The van der Waals surface area contributed by atoms with E-state index in [2.05, 4.69) is 15.3 Å². The Morgan fingerprint density at radius 1 is 1.42 bits per heavy atom. The Morgan fingerprint density at radius 2 is 2.27 bits per heavy atom. The molecule has 2 aromatic heterocycles. The van der Waals surface area contributed by atoms with Crippen LogP contribution in [-0.4, -0.2) is 40.4 Å². The minimum absolute atomic E-state index is 0.0593. The van der Waals surface area contributed by atoms with E-state index in [-0.39, 0.29) is 18.4 Å². The van der Waals surface area contributed by atoms with Crippen molar-refractivity contribution in [1.82, 2.24) is 20.2 Å². The lowest BCUT2D eigenvalue weighted by atomic mass is 9.99. The second-order valence-corrected chi connectivity index (χ2v) is 7.17. The molecule has 0 saturated carbocycles. The first kappa shape index (κ1) is 18.8. The SMILES string of the molecule is O=C(CN1CCCC(c2nc(C(F)(F)F)cs2)C1)NCc1cccnc1. The van der Waals surface area contributed by atoms with Crippen molar-refractivity contribution in [3.8, 4) is 0 Å². The number of thiazole rings is 1. The van der Waals surface area contributed by atoms with Gasteiger partial charge in [0.25, 0.3) is 0 Å². The first-order chi connectivity index (χ1) is 12.4. The highest BCUT2D eigenvalue weighted by atomic mass is 32.1. The summed E-state index contributed by atoms with van der Waals surface area (Å²) >= 11 is 1.05. The van der Waals surface area contributed by atoms with Crippen LogP contribution in [0.4, 0.5) is 13.2 Å². The highest BCUT2D eigenvalue weighted by Gasteiger charge is 2.35. The van der Waals surface area contributed by atoms with Crippen LogP contribution in [0.1, 0.15) is 35.0 Å². The van der Waals surface area contributed by atoms with Gasteiger partial charge in [0.15, 0.2) is 5.69 Å². The van der Waals surface area contributed by atoms with Crippen LogP contribution in [0.25, 0.3) is 0 Å². The molecule has 0 bridgehead atoms. The minimum atomic E-state index is -4.41. The normalized spacial score (nSPS) is 18.7. The van der Waals surface area contributed by atoms with Gasteiger partial charge in [-0.25, -0.2) is 4.98 Å². The molecular weight excluding hydrogens is 365 g/mol. The van der Waals surface area contributed by atoms with Crippen molar-refractivity contribution in [3.05, 3.63) is 46.2 Å². The van der Waals surface area contributed by atoms with Crippen molar-refractivity contribution in [3.63, 3.8) is 0 Å². The molecular formula is C17H19F3N4OS. The molecule has 1 aliphatic heterocycles. The Morgan fingerprint density at radius 3 is 2.96 bits per heavy atom. The number of nitrogens with zero attached hydrogens (tertiary/aromatic N) is 3. The number of alkyl halides is 3.